The highest BCUT2D eigenvalue weighted by atomic mass is 16.2. The number of nitrogens with one attached hydrogen (secondary N) is 2. The molecular weight excluding hydrogens is 152 g/mol. The Labute approximate surface area is 73.9 Å². The molecule has 0 aromatic rings. The Hall–Kier alpha value is -0.570. The van der Waals surface area contributed by atoms with Gasteiger partial charge in [0.1, 0.15) is 0 Å². The summed E-state index contributed by atoms with van der Waals surface area (Å²) in [6.07, 6.45) is 0. The standard InChI is InChI=1S/C9H18N2O/c1-6(2)7(3)11-9(12)8-4-10-5-8/h6-8,10H,4-5H2,1-3H3,(H,11,12). The van der Waals surface area contributed by atoms with Gasteiger partial charge in [0.15, 0.2) is 0 Å². The van der Waals surface area contributed by atoms with E-state index in [1.54, 1.807) is 0 Å². The molecule has 0 saturated carbocycles. The highest BCUT2D eigenvalue weighted by Gasteiger charge is 2.25. The quantitative estimate of drug-likeness (QED) is 0.642. The van der Waals surface area contributed by atoms with Crippen LogP contribution in [0.2, 0.25) is 0 Å². The summed E-state index contributed by atoms with van der Waals surface area (Å²) in [6.45, 7) is 7.97. The Morgan fingerprint density at radius 3 is 2.33 bits per heavy atom. The van der Waals surface area contributed by atoms with Crippen molar-refractivity contribution in [1.29, 1.82) is 0 Å². The minimum Gasteiger partial charge on any atom is -0.353 e. The molecule has 70 valence electrons. The van der Waals surface area contributed by atoms with Gasteiger partial charge in [0.05, 0.1) is 5.92 Å². The van der Waals surface area contributed by atoms with Crippen LogP contribution in [0, 0.1) is 11.8 Å². The number of amides is 1. The molecule has 12 heavy (non-hydrogen) atoms. The van der Waals surface area contributed by atoms with Crippen molar-refractivity contribution in [3.8, 4) is 0 Å². The van der Waals surface area contributed by atoms with Gasteiger partial charge in [-0.1, -0.05) is 13.8 Å². The molecule has 1 rings (SSSR count). The average molecular weight is 170 g/mol. The minimum absolute atomic E-state index is 0.204. The van der Waals surface area contributed by atoms with Gasteiger partial charge >= 0.3 is 0 Å². The molecule has 0 radical (unpaired) electrons. The van der Waals surface area contributed by atoms with E-state index in [9.17, 15) is 4.79 Å². The zero-order valence-corrected chi connectivity index (χ0v) is 8.05. The second-order valence-electron chi connectivity index (χ2n) is 3.90. The molecule has 1 saturated heterocycles. The maximum absolute atomic E-state index is 11.4. The van der Waals surface area contributed by atoms with Crippen molar-refractivity contribution in [2.75, 3.05) is 13.1 Å². The van der Waals surface area contributed by atoms with E-state index in [0.29, 0.717) is 5.92 Å². The molecule has 1 unspecified atom stereocenters. The first-order valence-corrected chi connectivity index (χ1v) is 4.62. The van der Waals surface area contributed by atoms with Gasteiger partial charge in [-0.2, -0.15) is 0 Å². The number of carbonyl (C=O) groups excluding carboxylic acids is 1. The van der Waals surface area contributed by atoms with E-state index in [0.717, 1.165) is 13.1 Å². The first-order chi connectivity index (χ1) is 5.61. The third kappa shape index (κ3) is 2.21. The van der Waals surface area contributed by atoms with Gasteiger partial charge in [-0.3, -0.25) is 4.79 Å². The Bertz CT molecular complexity index is 164. The molecule has 3 nitrogen and oxygen atoms in total. The van der Waals surface area contributed by atoms with E-state index < -0.39 is 0 Å². The summed E-state index contributed by atoms with van der Waals surface area (Å²) in [4.78, 5) is 11.4. The molecule has 0 bridgehead atoms. The van der Waals surface area contributed by atoms with Crippen LogP contribution < -0.4 is 10.6 Å². The van der Waals surface area contributed by atoms with Crippen LogP contribution in [0.25, 0.3) is 0 Å². The Balaban J connectivity index is 2.25. The van der Waals surface area contributed by atoms with Crippen LogP contribution in [-0.2, 0) is 4.79 Å². The lowest BCUT2D eigenvalue weighted by Gasteiger charge is -2.28. The Kier molecular flexibility index (Phi) is 3.09. The Morgan fingerprint density at radius 2 is 2.00 bits per heavy atom. The van der Waals surface area contributed by atoms with Crippen LogP contribution >= 0.6 is 0 Å². The van der Waals surface area contributed by atoms with Gasteiger partial charge in [-0.15, -0.1) is 0 Å². The van der Waals surface area contributed by atoms with Crippen LogP contribution in [0.1, 0.15) is 20.8 Å². The zero-order chi connectivity index (χ0) is 9.14. The van der Waals surface area contributed by atoms with Gasteiger partial charge in [0.2, 0.25) is 5.91 Å². The van der Waals surface area contributed by atoms with E-state index in [-0.39, 0.29) is 17.9 Å². The topological polar surface area (TPSA) is 41.1 Å². The molecule has 0 aromatic heterocycles. The molecule has 0 spiro atoms. The minimum atomic E-state index is 0.204. The molecule has 1 heterocycles. The first kappa shape index (κ1) is 9.52. The third-order valence-electron chi connectivity index (χ3n) is 2.52. The lowest BCUT2D eigenvalue weighted by molar-refractivity contribution is -0.127. The molecule has 1 aliphatic rings. The summed E-state index contributed by atoms with van der Waals surface area (Å²) < 4.78 is 0. The second kappa shape index (κ2) is 3.90. The normalized spacial score (nSPS) is 20.3. The van der Waals surface area contributed by atoms with E-state index in [2.05, 4.69) is 31.4 Å². The predicted molar refractivity (Wildman–Crippen MR) is 48.8 cm³/mol. The molecule has 1 fully saturated rings. The number of rotatable bonds is 3. The molecule has 2 N–H and O–H groups in total. The van der Waals surface area contributed by atoms with Gasteiger partial charge in [-0.25, -0.2) is 0 Å². The fourth-order valence-corrected chi connectivity index (χ4v) is 0.983. The lowest BCUT2D eigenvalue weighted by Crippen LogP contribution is -2.53. The van der Waals surface area contributed by atoms with Crippen molar-refractivity contribution in [2.24, 2.45) is 11.8 Å². The lowest BCUT2D eigenvalue weighted by atomic mass is 10.0. The number of carbonyl (C=O) groups is 1. The highest BCUT2D eigenvalue weighted by molar-refractivity contribution is 5.80. The summed E-state index contributed by atoms with van der Waals surface area (Å²) in [6, 6.07) is 0.290. The summed E-state index contributed by atoms with van der Waals surface area (Å²) in [5.41, 5.74) is 0. The number of hydrogen-bond donors (Lipinski definition) is 2. The smallest absolute Gasteiger partial charge is 0.225 e. The van der Waals surface area contributed by atoms with Crippen molar-refractivity contribution in [1.82, 2.24) is 10.6 Å². The Morgan fingerprint density at radius 1 is 1.42 bits per heavy atom. The molecule has 1 aliphatic heterocycles. The highest BCUT2D eigenvalue weighted by Crippen LogP contribution is 2.05. The monoisotopic (exact) mass is 170 g/mol. The van der Waals surface area contributed by atoms with Crippen LogP contribution in [0.5, 0.6) is 0 Å². The van der Waals surface area contributed by atoms with Crippen molar-refractivity contribution in [3.63, 3.8) is 0 Å². The maximum Gasteiger partial charge on any atom is 0.225 e. The molecular formula is C9H18N2O. The summed E-state index contributed by atoms with van der Waals surface area (Å²) in [7, 11) is 0. The fraction of sp³-hybridized carbons (Fsp3) is 0.889. The molecule has 3 heteroatoms. The van der Waals surface area contributed by atoms with Crippen LogP contribution in [0.3, 0.4) is 0 Å². The van der Waals surface area contributed by atoms with Gasteiger partial charge in [0.25, 0.3) is 0 Å². The van der Waals surface area contributed by atoms with Gasteiger partial charge < -0.3 is 10.6 Å². The first-order valence-electron chi connectivity index (χ1n) is 4.62. The van der Waals surface area contributed by atoms with Crippen LogP contribution in [0.4, 0.5) is 0 Å². The summed E-state index contributed by atoms with van der Waals surface area (Å²) in [5, 5.41) is 6.09. The maximum atomic E-state index is 11.4. The van der Waals surface area contributed by atoms with E-state index in [4.69, 9.17) is 0 Å². The second-order valence-corrected chi connectivity index (χ2v) is 3.90. The van der Waals surface area contributed by atoms with Crippen molar-refractivity contribution >= 4 is 5.91 Å². The van der Waals surface area contributed by atoms with E-state index in [1.807, 2.05) is 0 Å². The van der Waals surface area contributed by atoms with Gasteiger partial charge in [0, 0.05) is 19.1 Å². The summed E-state index contributed by atoms with van der Waals surface area (Å²) >= 11 is 0. The third-order valence-corrected chi connectivity index (χ3v) is 2.52. The SMILES string of the molecule is CC(C)C(C)NC(=O)C1CNC1. The average Bonchev–Trinajstić information content (AvgIpc) is 1.82. The molecule has 1 atom stereocenters. The van der Waals surface area contributed by atoms with E-state index in [1.165, 1.54) is 0 Å². The van der Waals surface area contributed by atoms with Crippen molar-refractivity contribution < 1.29 is 4.79 Å². The van der Waals surface area contributed by atoms with Crippen molar-refractivity contribution in [2.45, 2.75) is 26.8 Å². The predicted octanol–water partition coefficient (Wildman–Crippen LogP) is 0.366. The van der Waals surface area contributed by atoms with Gasteiger partial charge in [-0.05, 0) is 12.8 Å². The number of hydrogen-bond acceptors (Lipinski definition) is 2. The van der Waals surface area contributed by atoms with Crippen molar-refractivity contribution in [3.05, 3.63) is 0 Å². The molecule has 1 amide bonds. The zero-order valence-electron chi connectivity index (χ0n) is 8.05. The molecule has 0 aliphatic carbocycles. The van der Waals surface area contributed by atoms with Crippen LogP contribution in [0.15, 0.2) is 0 Å². The van der Waals surface area contributed by atoms with E-state index >= 15 is 0 Å². The fourth-order valence-electron chi connectivity index (χ4n) is 0.983. The summed E-state index contributed by atoms with van der Waals surface area (Å²) in [5.74, 6) is 0.933. The molecule has 0 aromatic carbocycles. The largest absolute Gasteiger partial charge is 0.353 e. The van der Waals surface area contributed by atoms with Crippen LogP contribution in [-0.4, -0.2) is 25.0 Å².